The third-order valence-corrected chi connectivity index (χ3v) is 6.11. The number of ether oxygens (including phenoxy) is 3. The molecule has 0 N–H and O–H groups in total. The van der Waals surface area contributed by atoms with Gasteiger partial charge in [0, 0.05) is 35.9 Å². The highest BCUT2D eigenvalue weighted by molar-refractivity contribution is 6.11. The van der Waals surface area contributed by atoms with Crippen LogP contribution in [0.4, 0.5) is 0 Å². The maximum Gasteiger partial charge on any atom is 0.336 e. The number of aliphatic imine (C=N–C) groups is 1. The minimum Gasteiger partial charge on any atom is -0.494 e. The van der Waals surface area contributed by atoms with Crippen LogP contribution in [-0.2, 0) is 19.1 Å². The van der Waals surface area contributed by atoms with Crippen molar-refractivity contribution < 1.29 is 23.8 Å². The van der Waals surface area contributed by atoms with Gasteiger partial charge < -0.3 is 14.2 Å². The van der Waals surface area contributed by atoms with Gasteiger partial charge in [0.2, 0.25) is 0 Å². The summed E-state index contributed by atoms with van der Waals surface area (Å²) in [5, 5.41) is 0. The molecule has 1 saturated heterocycles. The Morgan fingerprint density at radius 1 is 1.20 bits per heavy atom. The molecule has 2 aliphatic heterocycles. The molecule has 30 heavy (non-hydrogen) atoms. The van der Waals surface area contributed by atoms with E-state index in [4.69, 9.17) is 19.2 Å². The summed E-state index contributed by atoms with van der Waals surface area (Å²) in [7, 11) is 0. The molecular weight excluding hydrogens is 382 g/mol. The van der Waals surface area contributed by atoms with Gasteiger partial charge in [0.05, 0.1) is 24.2 Å². The average Bonchev–Trinajstić information content (AvgIpc) is 3.26. The fourth-order valence-corrected chi connectivity index (χ4v) is 4.77. The largest absolute Gasteiger partial charge is 0.494 e. The van der Waals surface area contributed by atoms with Crippen LogP contribution in [0.15, 0.2) is 40.5 Å². The van der Waals surface area contributed by atoms with Crippen LogP contribution in [0.2, 0.25) is 0 Å². The lowest BCUT2D eigenvalue weighted by Crippen LogP contribution is -2.39. The molecule has 6 nitrogen and oxygen atoms in total. The fourth-order valence-electron chi connectivity index (χ4n) is 4.77. The number of carbonyl (C=O) groups is 2. The molecule has 0 spiro atoms. The van der Waals surface area contributed by atoms with Crippen molar-refractivity contribution in [2.24, 2.45) is 10.9 Å². The normalized spacial score (nSPS) is 26.3. The molecule has 3 aliphatic rings. The monoisotopic (exact) mass is 411 g/mol. The first-order valence-electron chi connectivity index (χ1n) is 10.9. The number of fused-ring (bicyclic) bond motifs is 1. The number of rotatable bonds is 6. The molecule has 1 saturated carbocycles. The Labute approximate surface area is 177 Å². The highest BCUT2D eigenvalue weighted by Crippen LogP contribution is 2.45. The summed E-state index contributed by atoms with van der Waals surface area (Å²) in [6.45, 7) is 5.20. The molecule has 4 rings (SSSR count). The number of hydrogen-bond donors (Lipinski definition) is 0. The van der Waals surface area contributed by atoms with Crippen LogP contribution >= 0.6 is 0 Å². The number of esters is 1. The van der Waals surface area contributed by atoms with E-state index in [1.807, 2.05) is 38.1 Å². The molecule has 0 amide bonds. The van der Waals surface area contributed by atoms with Crippen molar-refractivity contribution >= 4 is 17.5 Å². The molecule has 3 atom stereocenters. The van der Waals surface area contributed by atoms with Crippen molar-refractivity contribution in [3.8, 4) is 5.75 Å². The first-order valence-corrected chi connectivity index (χ1v) is 10.9. The highest BCUT2D eigenvalue weighted by atomic mass is 16.6. The van der Waals surface area contributed by atoms with Crippen LogP contribution in [0.1, 0.15) is 57.4 Å². The molecule has 2 fully saturated rings. The molecule has 2 heterocycles. The number of Topliss-reactive ketones (excluding diaryl/α,β-unsaturated/α-hetero) is 1. The lowest BCUT2D eigenvalue weighted by atomic mass is 9.69. The fraction of sp³-hybridized carbons (Fsp3) is 0.542. The van der Waals surface area contributed by atoms with Gasteiger partial charge in [-0.3, -0.25) is 9.79 Å². The van der Waals surface area contributed by atoms with Crippen molar-refractivity contribution in [1.82, 2.24) is 0 Å². The summed E-state index contributed by atoms with van der Waals surface area (Å²) in [5.41, 5.74) is 2.81. The van der Waals surface area contributed by atoms with E-state index in [0.717, 1.165) is 37.0 Å². The lowest BCUT2D eigenvalue weighted by molar-refractivity contribution is -0.142. The van der Waals surface area contributed by atoms with Crippen molar-refractivity contribution in [2.75, 3.05) is 19.8 Å². The Morgan fingerprint density at radius 3 is 2.80 bits per heavy atom. The summed E-state index contributed by atoms with van der Waals surface area (Å²) in [6, 6.07) is 7.66. The number of carbonyl (C=O) groups excluding carboxylic acids is 2. The summed E-state index contributed by atoms with van der Waals surface area (Å²) >= 11 is 0. The number of ketones is 1. The highest BCUT2D eigenvalue weighted by Gasteiger charge is 2.44. The molecule has 160 valence electrons. The van der Waals surface area contributed by atoms with Gasteiger partial charge in [0.1, 0.15) is 18.1 Å². The van der Waals surface area contributed by atoms with E-state index in [0.29, 0.717) is 36.7 Å². The number of hydrogen-bond acceptors (Lipinski definition) is 6. The zero-order chi connectivity index (χ0) is 21.1. The topological polar surface area (TPSA) is 74.2 Å². The lowest BCUT2D eigenvalue weighted by Gasteiger charge is -2.36. The minimum atomic E-state index is -0.440. The second-order valence-corrected chi connectivity index (χ2v) is 8.08. The molecule has 0 radical (unpaired) electrons. The molecule has 0 aromatic heterocycles. The standard InChI is InChI=1S/C24H29NO5/c1-3-28-20-12-5-4-9-17(20)22-21(24(27)30-14-16-8-7-13-29-16)15(2)25-18-10-6-11-19(26)23(18)22/h4-5,9,12,16,22-23H,3,6-8,10-11,13-14H2,1-2H3/t16-,22+,23?/m1/s1. The Morgan fingerprint density at radius 2 is 2.03 bits per heavy atom. The van der Waals surface area contributed by atoms with Crippen molar-refractivity contribution in [3.05, 3.63) is 41.1 Å². The van der Waals surface area contributed by atoms with E-state index in [1.54, 1.807) is 0 Å². The van der Waals surface area contributed by atoms with E-state index < -0.39 is 17.8 Å². The van der Waals surface area contributed by atoms with Gasteiger partial charge in [-0.2, -0.15) is 0 Å². The van der Waals surface area contributed by atoms with Crippen LogP contribution in [0, 0.1) is 5.92 Å². The first-order chi connectivity index (χ1) is 14.6. The minimum absolute atomic E-state index is 0.0528. The molecular formula is C24H29NO5. The molecule has 1 aromatic carbocycles. The maximum atomic E-state index is 13.2. The Bertz CT molecular complexity index is 881. The van der Waals surface area contributed by atoms with Gasteiger partial charge in [-0.1, -0.05) is 18.2 Å². The second kappa shape index (κ2) is 9.13. The van der Waals surface area contributed by atoms with Crippen LogP contribution in [0.25, 0.3) is 0 Å². The Balaban J connectivity index is 1.73. The number of allylic oxidation sites excluding steroid dienone is 1. The summed E-state index contributed by atoms with van der Waals surface area (Å²) in [4.78, 5) is 30.9. The van der Waals surface area contributed by atoms with Crippen LogP contribution in [0.3, 0.4) is 0 Å². The molecule has 1 aliphatic carbocycles. The van der Waals surface area contributed by atoms with E-state index in [9.17, 15) is 9.59 Å². The molecule has 1 aromatic rings. The third kappa shape index (κ3) is 4.06. The van der Waals surface area contributed by atoms with Crippen LogP contribution < -0.4 is 4.74 Å². The van der Waals surface area contributed by atoms with E-state index in [-0.39, 0.29) is 18.5 Å². The van der Waals surface area contributed by atoms with E-state index >= 15 is 0 Å². The SMILES string of the molecule is CCOc1ccccc1[C@H]1C(C(=O)OC[C@H]2CCCO2)=C(C)N=C2CCCC(=O)C21. The van der Waals surface area contributed by atoms with Crippen molar-refractivity contribution in [1.29, 1.82) is 0 Å². The van der Waals surface area contributed by atoms with Gasteiger partial charge in [-0.25, -0.2) is 4.79 Å². The zero-order valence-electron chi connectivity index (χ0n) is 17.7. The third-order valence-electron chi connectivity index (χ3n) is 6.11. The van der Waals surface area contributed by atoms with Crippen LogP contribution in [0.5, 0.6) is 5.75 Å². The first kappa shape index (κ1) is 20.8. The van der Waals surface area contributed by atoms with Gasteiger partial charge in [-0.15, -0.1) is 0 Å². The second-order valence-electron chi connectivity index (χ2n) is 8.08. The number of para-hydroxylation sites is 1. The Hall–Kier alpha value is -2.47. The molecule has 0 bridgehead atoms. The molecule has 6 heteroatoms. The summed E-state index contributed by atoms with van der Waals surface area (Å²) in [6.07, 6.45) is 3.92. The van der Waals surface area contributed by atoms with E-state index in [2.05, 4.69) is 0 Å². The van der Waals surface area contributed by atoms with Gasteiger partial charge in [0.25, 0.3) is 0 Å². The van der Waals surface area contributed by atoms with Crippen molar-refractivity contribution in [2.45, 2.75) is 58.0 Å². The van der Waals surface area contributed by atoms with Crippen LogP contribution in [-0.4, -0.2) is 43.4 Å². The predicted octanol–water partition coefficient (Wildman–Crippen LogP) is 3.99. The van der Waals surface area contributed by atoms with Gasteiger partial charge >= 0.3 is 5.97 Å². The van der Waals surface area contributed by atoms with E-state index in [1.165, 1.54) is 0 Å². The average molecular weight is 411 g/mol. The smallest absolute Gasteiger partial charge is 0.336 e. The number of benzene rings is 1. The van der Waals surface area contributed by atoms with Gasteiger partial charge in [0.15, 0.2) is 0 Å². The quantitative estimate of drug-likeness (QED) is 0.662. The summed E-state index contributed by atoms with van der Waals surface area (Å²) in [5.74, 6) is -0.463. The van der Waals surface area contributed by atoms with Crippen molar-refractivity contribution in [3.63, 3.8) is 0 Å². The predicted molar refractivity (Wildman–Crippen MR) is 113 cm³/mol. The maximum absolute atomic E-state index is 13.2. The number of nitrogens with zero attached hydrogens (tertiary/aromatic N) is 1. The van der Waals surface area contributed by atoms with Gasteiger partial charge in [-0.05, 0) is 45.6 Å². The Kier molecular flexibility index (Phi) is 6.32. The zero-order valence-corrected chi connectivity index (χ0v) is 17.7. The molecule has 1 unspecified atom stereocenters. The summed E-state index contributed by atoms with van der Waals surface area (Å²) < 4.78 is 17.1.